The normalized spacial score (nSPS) is 13.5. The molecule has 0 rings (SSSR count). The summed E-state index contributed by atoms with van der Waals surface area (Å²) in [5, 5.41) is 14.0. The number of oxime groups is 1. The average Bonchev–Trinajstić information content (AvgIpc) is 2.16. The molecule has 0 radical (unpaired) electrons. The third kappa shape index (κ3) is 4.54. The molecular formula is C8H18N4O2. The summed E-state index contributed by atoms with van der Waals surface area (Å²) in [5.74, 6) is 0.121. The van der Waals surface area contributed by atoms with Crippen molar-refractivity contribution >= 4 is 11.9 Å². The Kier molecular flexibility index (Phi) is 5.43. The van der Waals surface area contributed by atoms with Crippen LogP contribution in [0, 0.1) is 0 Å². The van der Waals surface area contributed by atoms with Gasteiger partial charge in [0.25, 0.3) is 0 Å². The number of rotatable bonds is 4. The Labute approximate surface area is 83.7 Å². The number of amidine groups is 1. The zero-order chi connectivity index (χ0) is 11.1. The Balaban J connectivity index is 4.10. The molecule has 0 aliphatic carbocycles. The standard InChI is InChI=1S/C8H18N4O2/c1-4-6(5-7(9)11-14)10-8(13)12(2)3/h6,14H,4-5H2,1-3H3,(H2,9,11)(H,10,13). The predicted octanol–water partition coefficient (Wildman–Crippen LogP) is 0.173. The van der Waals surface area contributed by atoms with Gasteiger partial charge in [0.2, 0.25) is 0 Å². The lowest BCUT2D eigenvalue weighted by molar-refractivity contribution is 0.213. The smallest absolute Gasteiger partial charge is 0.317 e. The number of urea groups is 1. The van der Waals surface area contributed by atoms with Gasteiger partial charge in [-0.1, -0.05) is 12.1 Å². The predicted molar refractivity (Wildman–Crippen MR) is 54.3 cm³/mol. The molecule has 0 heterocycles. The van der Waals surface area contributed by atoms with E-state index in [1.165, 1.54) is 4.90 Å². The van der Waals surface area contributed by atoms with Crippen LogP contribution in [0.25, 0.3) is 0 Å². The molecule has 0 aliphatic heterocycles. The summed E-state index contributed by atoms with van der Waals surface area (Å²) in [6.07, 6.45) is 1.09. The van der Waals surface area contributed by atoms with E-state index >= 15 is 0 Å². The maximum absolute atomic E-state index is 11.3. The molecular weight excluding hydrogens is 184 g/mol. The fourth-order valence-electron chi connectivity index (χ4n) is 0.894. The first kappa shape index (κ1) is 12.5. The number of nitrogens with zero attached hydrogens (tertiary/aromatic N) is 2. The zero-order valence-corrected chi connectivity index (χ0v) is 8.82. The fraction of sp³-hybridized carbons (Fsp3) is 0.750. The molecule has 0 saturated carbocycles. The van der Waals surface area contributed by atoms with Crippen molar-refractivity contribution in [1.82, 2.24) is 10.2 Å². The van der Waals surface area contributed by atoms with Crippen molar-refractivity contribution in [2.45, 2.75) is 25.8 Å². The topological polar surface area (TPSA) is 91.0 Å². The molecule has 0 saturated heterocycles. The van der Waals surface area contributed by atoms with Crippen LogP contribution in [0.5, 0.6) is 0 Å². The summed E-state index contributed by atoms with van der Waals surface area (Å²) in [6.45, 7) is 1.92. The molecule has 14 heavy (non-hydrogen) atoms. The Hall–Kier alpha value is -1.46. The Morgan fingerprint density at radius 2 is 2.21 bits per heavy atom. The van der Waals surface area contributed by atoms with E-state index in [1.54, 1.807) is 14.1 Å². The first-order valence-electron chi connectivity index (χ1n) is 4.45. The van der Waals surface area contributed by atoms with Gasteiger partial charge in [-0.2, -0.15) is 0 Å². The van der Waals surface area contributed by atoms with Gasteiger partial charge in [-0.3, -0.25) is 0 Å². The monoisotopic (exact) mass is 202 g/mol. The zero-order valence-electron chi connectivity index (χ0n) is 8.82. The highest BCUT2D eigenvalue weighted by atomic mass is 16.4. The number of amides is 2. The van der Waals surface area contributed by atoms with E-state index < -0.39 is 0 Å². The lowest BCUT2D eigenvalue weighted by Gasteiger charge is -2.19. The third-order valence-electron chi connectivity index (χ3n) is 1.81. The Morgan fingerprint density at radius 1 is 1.64 bits per heavy atom. The highest BCUT2D eigenvalue weighted by molar-refractivity contribution is 5.81. The second-order valence-electron chi connectivity index (χ2n) is 3.24. The Bertz CT molecular complexity index is 215. The average molecular weight is 202 g/mol. The summed E-state index contributed by atoms with van der Waals surface area (Å²) in [6, 6.07) is -0.275. The van der Waals surface area contributed by atoms with Crippen molar-refractivity contribution < 1.29 is 10.0 Å². The van der Waals surface area contributed by atoms with Crippen molar-refractivity contribution in [3.05, 3.63) is 0 Å². The molecule has 1 unspecified atom stereocenters. The summed E-state index contributed by atoms with van der Waals surface area (Å²) < 4.78 is 0. The first-order chi connectivity index (χ1) is 6.51. The minimum atomic E-state index is -0.178. The van der Waals surface area contributed by atoms with Crippen LogP contribution in [0.3, 0.4) is 0 Å². The van der Waals surface area contributed by atoms with Crippen LogP contribution < -0.4 is 11.1 Å². The van der Waals surface area contributed by atoms with E-state index in [2.05, 4.69) is 10.5 Å². The molecule has 0 aromatic rings. The molecule has 4 N–H and O–H groups in total. The molecule has 0 bridgehead atoms. The van der Waals surface area contributed by atoms with E-state index in [4.69, 9.17) is 10.9 Å². The molecule has 0 fully saturated rings. The molecule has 0 spiro atoms. The number of carbonyl (C=O) groups excluding carboxylic acids is 1. The molecule has 6 heteroatoms. The van der Waals surface area contributed by atoms with Crippen LogP contribution in [0.1, 0.15) is 19.8 Å². The molecule has 0 aliphatic rings. The second-order valence-corrected chi connectivity index (χ2v) is 3.24. The van der Waals surface area contributed by atoms with Crippen LogP contribution in [0.2, 0.25) is 0 Å². The maximum Gasteiger partial charge on any atom is 0.317 e. The highest BCUT2D eigenvalue weighted by Crippen LogP contribution is 1.98. The van der Waals surface area contributed by atoms with Gasteiger partial charge in [0, 0.05) is 26.6 Å². The van der Waals surface area contributed by atoms with Gasteiger partial charge in [0.05, 0.1) is 0 Å². The van der Waals surface area contributed by atoms with Crippen molar-refractivity contribution in [1.29, 1.82) is 0 Å². The van der Waals surface area contributed by atoms with Crippen molar-refractivity contribution in [2.24, 2.45) is 10.9 Å². The molecule has 1 atom stereocenters. The number of nitrogens with two attached hydrogens (primary N) is 1. The van der Waals surface area contributed by atoms with Crippen molar-refractivity contribution in [2.75, 3.05) is 14.1 Å². The first-order valence-corrected chi connectivity index (χ1v) is 4.45. The SMILES string of the molecule is CCC(CC(N)=NO)NC(=O)N(C)C. The number of hydrogen-bond donors (Lipinski definition) is 3. The molecule has 2 amide bonds. The van der Waals surface area contributed by atoms with Crippen molar-refractivity contribution in [3.8, 4) is 0 Å². The molecule has 82 valence electrons. The van der Waals surface area contributed by atoms with Crippen LogP contribution in [-0.4, -0.2) is 42.1 Å². The highest BCUT2D eigenvalue weighted by Gasteiger charge is 2.12. The van der Waals surface area contributed by atoms with E-state index in [9.17, 15) is 4.79 Å². The van der Waals surface area contributed by atoms with Gasteiger partial charge in [0.15, 0.2) is 0 Å². The van der Waals surface area contributed by atoms with Crippen LogP contribution in [0.4, 0.5) is 4.79 Å². The third-order valence-corrected chi connectivity index (χ3v) is 1.81. The van der Waals surface area contributed by atoms with Gasteiger partial charge in [-0.05, 0) is 6.42 Å². The maximum atomic E-state index is 11.3. The fourth-order valence-corrected chi connectivity index (χ4v) is 0.894. The summed E-state index contributed by atoms with van der Waals surface area (Å²) in [5.41, 5.74) is 5.34. The largest absolute Gasteiger partial charge is 0.409 e. The minimum absolute atomic E-state index is 0.0965. The van der Waals surface area contributed by atoms with Crippen LogP contribution in [-0.2, 0) is 0 Å². The van der Waals surface area contributed by atoms with Gasteiger partial charge in [-0.15, -0.1) is 0 Å². The number of hydrogen-bond acceptors (Lipinski definition) is 3. The lowest BCUT2D eigenvalue weighted by atomic mass is 10.1. The van der Waals surface area contributed by atoms with E-state index in [0.29, 0.717) is 6.42 Å². The van der Waals surface area contributed by atoms with Gasteiger partial charge in [-0.25, -0.2) is 4.79 Å². The minimum Gasteiger partial charge on any atom is -0.409 e. The van der Waals surface area contributed by atoms with Gasteiger partial charge < -0.3 is 21.2 Å². The van der Waals surface area contributed by atoms with Crippen molar-refractivity contribution in [3.63, 3.8) is 0 Å². The van der Waals surface area contributed by atoms with Gasteiger partial charge >= 0.3 is 6.03 Å². The summed E-state index contributed by atoms with van der Waals surface area (Å²) in [4.78, 5) is 12.7. The second kappa shape index (κ2) is 6.06. The van der Waals surface area contributed by atoms with Crippen LogP contribution >= 0.6 is 0 Å². The van der Waals surface area contributed by atoms with E-state index in [-0.39, 0.29) is 17.9 Å². The molecule has 6 nitrogen and oxygen atoms in total. The quantitative estimate of drug-likeness (QED) is 0.263. The number of carbonyl (C=O) groups is 1. The molecule has 0 aromatic carbocycles. The van der Waals surface area contributed by atoms with Gasteiger partial charge in [0.1, 0.15) is 5.84 Å². The lowest BCUT2D eigenvalue weighted by Crippen LogP contribution is -2.42. The van der Waals surface area contributed by atoms with Crippen LogP contribution in [0.15, 0.2) is 5.16 Å². The number of nitrogens with one attached hydrogen (secondary N) is 1. The Morgan fingerprint density at radius 3 is 2.57 bits per heavy atom. The molecule has 0 aromatic heterocycles. The summed E-state index contributed by atoms with van der Waals surface area (Å²) >= 11 is 0. The summed E-state index contributed by atoms with van der Waals surface area (Å²) in [7, 11) is 3.32. The van der Waals surface area contributed by atoms with E-state index in [1.807, 2.05) is 6.92 Å². The van der Waals surface area contributed by atoms with E-state index in [0.717, 1.165) is 6.42 Å².